The number of aromatic nitrogens is 3. The van der Waals surface area contributed by atoms with E-state index >= 15 is 0 Å². The highest BCUT2D eigenvalue weighted by atomic mass is 35.5. The summed E-state index contributed by atoms with van der Waals surface area (Å²) in [5, 5.41) is 5.02. The maximum atomic E-state index is 12.5. The van der Waals surface area contributed by atoms with Crippen molar-refractivity contribution >= 4 is 49.6 Å². The van der Waals surface area contributed by atoms with E-state index < -0.39 is 12.8 Å². The summed E-state index contributed by atoms with van der Waals surface area (Å²) in [7, 11) is 0. The Hall–Kier alpha value is -2.31. The highest BCUT2D eigenvalue weighted by molar-refractivity contribution is 7.26. The van der Waals surface area contributed by atoms with Crippen LogP contribution in [0.3, 0.4) is 0 Å². The summed E-state index contributed by atoms with van der Waals surface area (Å²) in [6, 6.07) is 9.04. The van der Waals surface area contributed by atoms with E-state index in [0.29, 0.717) is 38.7 Å². The van der Waals surface area contributed by atoms with Crippen LogP contribution in [0.5, 0.6) is 0 Å². The number of nitrogens with one attached hydrogen (secondary N) is 1. The molecular weight excluding hydrogens is 495 g/mol. The molecule has 0 bridgehead atoms. The fraction of sp³-hybridized carbons (Fsp3) is 0.286. The summed E-state index contributed by atoms with van der Waals surface area (Å²) >= 11 is 8.73. The van der Waals surface area contributed by atoms with Crippen LogP contribution in [0, 0.1) is 0 Å². The average Bonchev–Trinajstić information content (AvgIpc) is 3.35. The highest BCUT2D eigenvalue weighted by Crippen LogP contribution is 2.38. The van der Waals surface area contributed by atoms with Gasteiger partial charge in [-0.25, -0.2) is 9.97 Å². The van der Waals surface area contributed by atoms with Gasteiger partial charge in [-0.3, -0.25) is 4.98 Å². The van der Waals surface area contributed by atoms with Crippen molar-refractivity contribution in [3.63, 3.8) is 0 Å². The quantitative estimate of drug-likeness (QED) is 0.306. The fourth-order valence-corrected chi connectivity index (χ4v) is 5.31. The van der Waals surface area contributed by atoms with Gasteiger partial charge in [-0.15, -0.1) is 11.3 Å². The van der Waals surface area contributed by atoms with Crippen molar-refractivity contribution in [2.75, 3.05) is 18.5 Å². The second kappa shape index (κ2) is 10.3. The third kappa shape index (κ3) is 6.61. The zero-order chi connectivity index (χ0) is 23.4. The first-order chi connectivity index (χ1) is 15.8. The SMILES string of the molecule is N[C@H](CNc1nc(COCC(F)(F)F)c(-c2nc3ccncc3s2)s1)Cc1cccc(Cl)c1. The van der Waals surface area contributed by atoms with Gasteiger partial charge in [0.15, 0.2) is 5.13 Å². The molecule has 3 N–H and O–H groups in total. The maximum absolute atomic E-state index is 12.5. The first-order valence-corrected chi connectivity index (χ1v) is 11.9. The summed E-state index contributed by atoms with van der Waals surface area (Å²) in [4.78, 5) is 13.8. The molecule has 6 nitrogen and oxygen atoms in total. The Morgan fingerprint density at radius 2 is 2.03 bits per heavy atom. The monoisotopic (exact) mass is 513 g/mol. The molecule has 0 aliphatic carbocycles. The predicted molar refractivity (Wildman–Crippen MR) is 126 cm³/mol. The van der Waals surface area contributed by atoms with Crippen molar-refractivity contribution < 1.29 is 17.9 Å². The number of thiazole rings is 2. The number of benzene rings is 1. The van der Waals surface area contributed by atoms with Crippen molar-refractivity contribution in [2.45, 2.75) is 25.2 Å². The predicted octanol–water partition coefficient (Wildman–Crippen LogP) is 5.53. The van der Waals surface area contributed by atoms with Gasteiger partial charge in [-0.1, -0.05) is 35.1 Å². The maximum Gasteiger partial charge on any atom is 0.411 e. The van der Waals surface area contributed by atoms with Crippen LogP contribution in [0.1, 0.15) is 11.3 Å². The molecule has 3 heterocycles. The molecule has 0 aliphatic rings. The van der Waals surface area contributed by atoms with Crippen LogP contribution >= 0.6 is 34.3 Å². The molecule has 0 aliphatic heterocycles. The number of nitrogens with two attached hydrogens (primary N) is 1. The van der Waals surface area contributed by atoms with E-state index in [4.69, 9.17) is 22.1 Å². The van der Waals surface area contributed by atoms with E-state index in [2.05, 4.69) is 20.3 Å². The smallest absolute Gasteiger partial charge is 0.366 e. The van der Waals surface area contributed by atoms with Gasteiger partial charge in [0.05, 0.1) is 27.4 Å². The molecule has 1 atom stereocenters. The standard InChI is InChI=1S/C21H19ClF3N5OS2/c22-13-3-1-2-12(6-13)7-14(26)8-28-20-30-16(10-31-11-21(23,24)25)18(33-20)19-29-15-4-5-27-9-17(15)32-19/h1-6,9,14H,7-8,10-11,26H2,(H,28,30)/t14-/m0/s1. The first kappa shape index (κ1) is 23.8. The number of nitrogens with zero attached hydrogens (tertiary/aromatic N) is 3. The van der Waals surface area contributed by atoms with E-state index in [0.717, 1.165) is 15.8 Å². The lowest BCUT2D eigenvalue weighted by Gasteiger charge is -2.12. The van der Waals surface area contributed by atoms with E-state index in [1.54, 1.807) is 24.5 Å². The number of hydrogen-bond acceptors (Lipinski definition) is 8. The highest BCUT2D eigenvalue weighted by Gasteiger charge is 2.28. The average molecular weight is 514 g/mol. The Bertz CT molecular complexity index is 1200. The minimum absolute atomic E-state index is 0.214. The van der Waals surface area contributed by atoms with Crippen LogP contribution < -0.4 is 11.1 Å². The van der Waals surface area contributed by atoms with Crippen molar-refractivity contribution in [1.29, 1.82) is 0 Å². The molecule has 0 saturated heterocycles. The summed E-state index contributed by atoms with van der Waals surface area (Å²) in [5.41, 5.74) is 8.41. The van der Waals surface area contributed by atoms with Gasteiger partial charge in [-0.05, 0) is 30.2 Å². The van der Waals surface area contributed by atoms with Gasteiger partial charge >= 0.3 is 6.18 Å². The van der Waals surface area contributed by atoms with Gasteiger partial charge in [-0.2, -0.15) is 13.2 Å². The zero-order valence-corrected chi connectivity index (χ0v) is 19.5. The molecule has 33 heavy (non-hydrogen) atoms. The molecule has 1 aromatic carbocycles. The van der Waals surface area contributed by atoms with E-state index in [-0.39, 0.29) is 12.6 Å². The molecular formula is C21H19ClF3N5OS2. The molecule has 0 radical (unpaired) electrons. The summed E-state index contributed by atoms with van der Waals surface area (Å²) in [5.74, 6) is 0. The fourth-order valence-electron chi connectivity index (χ4n) is 3.09. The van der Waals surface area contributed by atoms with E-state index in [1.807, 2.05) is 18.2 Å². The Kier molecular flexibility index (Phi) is 7.45. The number of hydrogen-bond donors (Lipinski definition) is 2. The lowest BCUT2D eigenvalue weighted by atomic mass is 10.1. The molecule has 12 heteroatoms. The van der Waals surface area contributed by atoms with Crippen LogP contribution in [-0.4, -0.2) is 40.3 Å². The number of anilines is 1. The Morgan fingerprint density at radius 3 is 2.79 bits per heavy atom. The van der Waals surface area contributed by atoms with Crippen molar-refractivity contribution in [3.8, 4) is 9.88 Å². The molecule has 0 unspecified atom stereocenters. The molecule has 4 aromatic rings. The second-order valence-electron chi connectivity index (χ2n) is 7.24. The number of fused-ring (bicyclic) bond motifs is 1. The van der Waals surface area contributed by atoms with Gasteiger partial charge in [0.1, 0.15) is 11.6 Å². The van der Waals surface area contributed by atoms with Crippen molar-refractivity contribution in [3.05, 3.63) is 59.0 Å². The van der Waals surface area contributed by atoms with Crippen LogP contribution in [0.2, 0.25) is 5.02 Å². The van der Waals surface area contributed by atoms with Gasteiger partial charge in [0.25, 0.3) is 0 Å². The summed E-state index contributed by atoms with van der Waals surface area (Å²) in [6.45, 7) is -1.21. The number of halogens is 4. The second-order valence-corrected chi connectivity index (χ2v) is 9.71. The van der Waals surface area contributed by atoms with Crippen LogP contribution in [0.4, 0.5) is 18.3 Å². The number of ether oxygens (including phenoxy) is 1. The molecule has 0 saturated carbocycles. The van der Waals surface area contributed by atoms with Gasteiger partial charge in [0, 0.05) is 30.0 Å². The summed E-state index contributed by atoms with van der Waals surface area (Å²) in [6.07, 6.45) is -0.463. The van der Waals surface area contributed by atoms with Crippen LogP contribution in [0.25, 0.3) is 20.1 Å². The van der Waals surface area contributed by atoms with Gasteiger partial charge < -0.3 is 15.8 Å². The Labute approximate surface area is 200 Å². The van der Waals surface area contributed by atoms with Crippen LogP contribution in [0.15, 0.2) is 42.7 Å². The topological polar surface area (TPSA) is 86.0 Å². The first-order valence-electron chi connectivity index (χ1n) is 9.86. The Morgan fingerprint density at radius 1 is 1.18 bits per heavy atom. The minimum atomic E-state index is -4.41. The molecule has 3 aromatic heterocycles. The number of alkyl halides is 3. The zero-order valence-electron chi connectivity index (χ0n) is 17.1. The van der Waals surface area contributed by atoms with E-state index in [1.165, 1.54) is 22.7 Å². The normalized spacial score (nSPS) is 12.9. The summed E-state index contributed by atoms with van der Waals surface area (Å²) < 4.78 is 43.4. The minimum Gasteiger partial charge on any atom is -0.366 e. The molecule has 0 fully saturated rings. The van der Waals surface area contributed by atoms with Crippen molar-refractivity contribution in [1.82, 2.24) is 15.0 Å². The number of rotatable bonds is 9. The van der Waals surface area contributed by atoms with E-state index in [9.17, 15) is 13.2 Å². The Balaban J connectivity index is 1.49. The third-order valence-electron chi connectivity index (χ3n) is 4.49. The lowest BCUT2D eigenvalue weighted by Crippen LogP contribution is -2.31. The van der Waals surface area contributed by atoms with Crippen LogP contribution in [-0.2, 0) is 17.8 Å². The molecule has 4 rings (SSSR count). The molecule has 0 spiro atoms. The van der Waals surface area contributed by atoms with Gasteiger partial charge in [0.2, 0.25) is 0 Å². The number of pyridine rings is 1. The molecule has 0 amide bonds. The molecule has 174 valence electrons. The largest absolute Gasteiger partial charge is 0.411 e. The third-order valence-corrected chi connectivity index (χ3v) is 6.94. The van der Waals surface area contributed by atoms with Crippen molar-refractivity contribution in [2.24, 2.45) is 5.73 Å². The lowest BCUT2D eigenvalue weighted by molar-refractivity contribution is -0.176.